The lowest BCUT2D eigenvalue weighted by Gasteiger charge is -2.10. The highest BCUT2D eigenvalue weighted by Gasteiger charge is 2.13. The molecule has 0 saturated carbocycles. The number of unbranched alkanes of at least 4 members (excludes halogenated alkanes) is 2. The summed E-state index contributed by atoms with van der Waals surface area (Å²) in [6.45, 7) is 7.72. The topological polar surface area (TPSA) is 9.23 Å². The van der Waals surface area contributed by atoms with Crippen molar-refractivity contribution >= 4 is 12.2 Å². The Kier molecular flexibility index (Phi) is 9.91. The Morgan fingerprint density at radius 3 is 2.32 bits per heavy atom. The third kappa shape index (κ3) is 7.34. The molecular weight excluding hydrogens is 318 g/mol. The van der Waals surface area contributed by atoms with E-state index in [4.69, 9.17) is 4.74 Å². The summed E-state index contributed by atoms with van der Waals surface area (Å²) in [6, 6.07) is 12.3. The lowest BCUT2D eigenvalue weighted by atomic mass is 10.1. The Balaban J connectivity index is 0.000000970. The number of ether oxygens (including phenoxy) is 1. The molecule has 0 heterocycles. The summed E-state index contributed by atoms with van der Waals surface area (Å²) in [4.78, 5) is 0. The van der Waals surface area contributed by atoms with Gasteiger partial charge in [0.25, 0.3) is 0 Å². The number of halogens is 2. The molecule has 0 spiro atoms. The maximum atomic E-state index is 14.0. The molecule has 0 N–H and O–H groups in total. The van der Waals surface area contributed by atoms with Crippen LogP contribution in [0.4, 0.5) is 8.78 Å². The zero-order valence-corrected chi connectivity index (χ0v) is 15.0. The van der Waals surface area contributed by atoms with E-state index in [2.05, 4.69) is 13.5 Å². The van der Waals surface area contributed by atoms with Gasteiger partial charge >= 0.3 is 0 Å². The molecule has 2 aromatic rings. The van der Waals surface area contributed by atoms with Crippen LogP contribution in [0.2, 0.25) is 0 Å². The van der Waals surface area contributed by atoms with E-state index in [-0.39, 0.29) is 5.75 Å². The first kappa shape index (κ1) is 20.6. The van der Waals surface area contributed by atoms with Crippen LogP contribution >= 0.6 is 0 Å². The number of hydrogen-bond donors (Lipinski definition) is 0. The normalized spacial score (nSPS) is 10.2. The van der Waals surface area contributed by atoms with Crippen molar-refractivity contribution in [3.63, 3.8) is 0 Å². The zero-order chi connectivity index (χ0) is 18.5. The van der Waals surface area contributed by atoms with Crippen LogP contribution in [0.15, 0.2) is 55.1 Å². The van der Waals surface area contributed by atoms with Crippen LogP contribution in [0, 0.1) is 11.6 Å². The lowest BCUT2D eigenvalue weighted by molar-refractivity contribution is 0.285. The van der Waals surface area contributed by atoms with Gasteiger partial charge in [-0.2, -0.15) is 4.39 Å². The monoisotopic (exact) mass is 344 g/mol. The molecule has 0 radical (unpaired) electrons. The van der Waals surface area contributed by atoms with Gasteiger partial charge in [-0.1, -0.05) is 68.3 Å². The quantitative estimate of drug-likeness (QED) is 0.302. The van der Waals surface area contributed by atoms with E-state index < -0.39 is 11.6 Å². The molecule has 0 aliphatic rings. The predicted molar refractivity (Wildman–Crippen MR) is 103 cm³/mol. The molecular formula is C22H26F2O. The van der Waals surface area contributed by atoms with Crippen molar-refractivity contribution in [3.8, 4) is 5.75 Å². The third-order valence-corrected chi connectivity index (χ3v) is 3.33. The zero-order valence-electron chi connectivity index (χ0n) is 15.0. The van der Waals surface area contributed by atoms with Crippen LogP contribution < -0.4 is 4.74 Å². The fourth-order valence-corrected chi connectivity index (χ4v) is 2.10. The highest BCUT2D eigenvalue weighted by molar-refractivity contribution is 5.72. The van der Waals surface area contributed by atoms with Gasteiger partial charge in [-0.3, -0.25) is 0 Å². The second kappa shape index (κ2) is 12.0. The number of allylic oxidation sites excluding steroid dienone is 1. The smallest absolute Gasteiger partial charge is 0.201 e. The molecule has 0 aliphatic carbocycles. The largest absolute Gasteiger partial charge is 0.490 e. The maximum absolute atomic E-state index is 14.0. The minimum atomic E-state index is -0.924. The first-order valence-corrected chi connectivity index (χ1v) is 8.55. The summed E-state index contributed by atoms with van der Waals surface area (Å²) >= 11 is 0. The number of hydrogen-bond acceptors (Lipinski definition) is 1. The Morgan fingerprint density at radius 2 is 1.68 bits per heavy atom. The van der Waals surface area contributed by atoms with Gasteiger partial charge in [0.15, 0.2) is 11.6 Å². The van der Waals surface area contributed by atoms with Crippen molar-refractivity contribution in [2.24, 2.45) is 0 Å². The van der Waals surface area contributed by atoms with Gasteiger partial charge in [-0.25, -0.2) is 4.39 Å². The first-order valence-electron chi connectivity index (χ1n) is 8.55. The Hall–Kier alpha value is -2.42. The van der Waals surface area contributed by atoms with Gasteiger partial charge < -0.3 is 4.74 Å². The fraction of sp³-hybridized carbons (Fsp3) is 0.273. The molecule has 0 unspecified atom stereocenters. The van der Waals surface area contributed by atoms with E-state index in [0.717, 1.165) is 30.9 Å². The van der Waals surface area contributed by atoms with Crippen LogP contribution in [-0.2, 0) is 0 Å². The van der Waals surface area contributed by atoms with E-state index in [1.807, 2.05) is 43.3 Å². The standard InChI is InChI=1S/C19H20F2O.C3H6/c1-2-3-7-14-22-19-16(12-13-17(20)18(19)21)11-10-15-8-5-4-6-9-15;1-3-2/h4-6,8-13H,2-3,7,14H2,1H3;3H,1H2,2H3. The summed E-state index contributed by atoms with van der Waals surface area (Å²) in [7, 11) is 0. The molecule has 0 aliphatic heterocycles. The molecule has 2 rings (SSSR count). The first-order chi connectivity index (χ1) is 12.1. The molecule has 0 atom stereocenters. The van der Waals surface area contributed by atoms with E-state index in [1.54, 1.807) is 12.2 Å². The van der Waals surface area contributed by atoms with Gasteiger partial charge in [0.2, 0.25) is 5.82 Å². The summed E-state index contributed by atoms with van der Waals surface area (Å²) < 4.78 is 32.9. The van der Waals surface area contributed by atoms with Crippen molar-refractivity contribution in [2.45, 2.75) is 33.1 Å². The summed E-state index contributed by atoms with van der Waals surface area (Å²) in [5.74, 6) is -1.82. The SMILES string of the molecule is C=CC.CCCCCOc1c(C=Cc2ccccc2)ccc(F)c1F. The van der Waals surface area contributed by atoms with Crippen LogP contribution in [0.25, 0.3) is 12.2 Å². The highest BCUT2D eigenvalue weighted by Crippen LogP contribution is 2.27. The lowest BCUT2D eigenvalue weighted by Crippen LogP contribution is -2.02. The molecule has 0 fully saturated rings. The van der Waals surface area contributed by atoms with Crippen LogP contribution in [0.1, 0.15) is 44.2 Å². The van der Waals surface area contributed by atoms with Crippen molar-refractivity contribution in [1.29, 1.82) is 0 Å². The molecule has 0 amide bonds. The molecule has 3 heteroatoms. The number of benzene rings is 2. The summed E-state index contributed by atoms with van der Waals surface area (Å²) in [6.07, 6.45) is 8.23. The van der Waals surface area contributed by atoms with Crippen molar-refractivity contribution < 1.29 is 13.5 Å². The highest BCUT2D eigenvalue weighted by atomic mass is 19.2. The molecule has 25 heavy (non-hydrogen) atoms. The molecule has 0 aromatic heterocycles. The van der Waals surface area contributed by atoms with E-state index in [9.17, 15) is 8.78 Å². The molecule has 0 bridgehead atoms. The fourth-order valence-electron chi connectivity index (χ4n) is 2.10. The molecule has 1 nitrogen and oxygen atoms in total. The van der Waals surface area contributed by atoms with Crippen molar-refractivity contribution in [2.75, 3.05) is 6.61 Å². The third-order valence-electron chi connectivity index (χ3n) is 3.33. The second-order valence-corrected chi connectivity index (χ2v) is 5.49. The Morgan fingerprint density at radius 1 is 1.00 bits per heavy atom. The second-order valence-electron chi connectivity index (χ2n) is 5.49. The summed E-state index contributed by atoms with van der Waals surface area (Å²) in [5.41, 5.74) is 1.53. The van der Waals surface area contributed by atoms with Gasteiger partial charge in [0, 0.05) is 5.56 Å². The molecule has 0 saturated heterocycles. The predicted octanol–water partition coefficient (Wildman–Crippen LogP) is 6.90. The van der Waals surface area contributed by atoms with Crippen LogP contribution in [0.5, 0.6) is 5.75 Å². The summed E-state index contributed by atoms with van der Waals surface area (Å²) in [5, 5.41) is 0. The van der Waals surface area contributed by atoms with Crippen LogP contribution in [-0.4, -0.2) is 6.61 Å². The van der Waals surface area contributed by atoms with Gasteiger partial charge in [-0.05, 0) is 31.0 Å². The van der Waals surface area contributed by atoms with Gasteiger partial charge in [-0.15, -0.1) is 6.58 Å². The average Bonchev–Trinajstić information content (AvgIpc) is 2.63. The van der Waals surface area contributed by atoms with Crippen molar-refractivity contribution in [3.05, 3.63) is 77.9 Å². The Bertz CT molecular complexity index is 663. The molecule has 134 valence electrons. The van der Waals surface area contributed by atoms with Gasteiger partial charge in [0.1, 0.15) is 0 Å². The van der Waals surface area contributed by atoms with Crippen LogP contribution in [0.3, 0.4) is 0 Å². The molecule has 2 aromatic carbocycles. The van der Waals surface area contributed by atoms with E-state index >= 15 is 0 Å². The number of rotatable bonds is 7. The van der Waals surface area contributed by atoms with Crippen molar-refractivity contribution in [1.82, 2.24) is 0 Å². The average molecular weight is 344 g/mol. The Labute approximate surface area is 149 Å². The van der Waals surface area contributed by atoms with E-state index in [1.165, 1.54) is 6.07 Å². The minimum Gasteiger partial charge on any atom is -0.490 e. The van der Waals surface area contributed by atoms with E-state index in [0.29, 0.717) is 12.2 Å². The van der Waals surface area contributed by atoms with Gasteiger partial charge in [0.05, 0.1) is 6.61 Å². The minimum absolute atomic E-state index is 0.0108. The maximum Gasteiger partial charge on any atom is 0.201 e.